The van der Waals surface area contributed by atoms with Crippen LogP contribution in [0.1, 0.15) is 46.1 Å². The Hall–Kier alpha value is -3.09. The summed E-state index contributed by atoms with van der Waals surface area (Å²) < 4.78 is 5.69. The monoisotopic (exact) mass is 366 g/mol. The van der Waals surface area contributed by atoms with Gasteiger partial charge in [-0.3, -0.25) is 14.7 Å². The molecule has 1 aliphatic rings. The Morgan fingerprint density at radius 2 is 2.15 bits per heavy atom. The van der Waals surface area contributed by atoms with Crippen LogP contribution in [-0.4, -0.2) is 40.0 Å². The molecule has 0 spiro atoms. The molecule has 1 aromatic carbocycles. The molecule has 3 heterocycles. The van der Waals surface area contributed by atoms with Crippen molar-refractivity contribution in [2.45, 2.75) is 26.8 Å². The Morgan fingerprint density at radius 1 is 1.33 bits per heavy atom. The van der Waals surface area contributed by atoms with Crippen LogP contribution < -0.4 is 5.32 Å². The molecule has 2 N–H and O–H groups in total. The van der Waals surface area contributed by atoms with Crippen LogP contribution >= 0.6 is 0 Å². The lowest BCUT2D eigenvalue weighted by Gasteiger charge is -2.26. The first-order valence-corrected chi connectivity index (χ1v) is 9.15. The van der Waals surface area contributed by atoms with Crippen molar-refractivity contribution in [1.29, 1.82) is 0 Å². The molecule has 7 heteroatoms. The van der Waals surface area contributed by atoms with Crippen molar-refractivity contribution >= 4 is 22.8 Å². The fourth-order valence-corrected chi connectivity index (χ4v) is 3.30. The SMILES string of the molecule is CC(C)CNC(=O)c1n[nH]c2c1CCN(C(=O)c1cc3ccccc3o1)C2. The van der Waals surface area contributed by atoms with Gasteiger partial charge in [-0.15, -0.1) is 0 Å². The van der Waals surface area contributed by atoms with Gasteiger partial charge < -0.3 is 14.6 Å². The van der Waals surface area contributed by atoms with E-state index in [2.05, 4.69) is 15.5 Å². The van der Waals surface area contributed by atoms with Crippen LogP contribution in [0.5, 0.6) is 0 Å². The molecule has 0 unspecified atom stereocenters. The first kappa shape index (κ1) is 17.3. The topological polar surface area (TPSA) is 91.2 Å². The quantitative estimate of drug-likeness (QED) is 0.743. The summed E-state index contributed by atoms with van der Waals surface area (Å²) >= 11 is 0. The Bertz CT molecular complexity index is 969. The first-order valence-electron chi connectivity index (χ1n) is 9.15. The highest BCUT2D eigenvalue weighted by molar-refractivity contribution is 5.97. The fourth-order valence-electron chi connectivity index (χ4n) is 3.30. The lowest BCUT2D eigenvalue weighted by atomic mass is 10.0. The number of benzene rings is 1. The zero-order chi connectivity index (χ0) is 19.0. The van der Waals surface area contributed by atoms with Crippen molar-refractivity contribution < 1.29 is 14.0 Å². The number of carbonyl (C=O) groups is 2. The molecule has 0 saturated heterocycles. The van der Waals surface area contributed by atoms with Gasteiger partial charge in [-0.05, 0) is 24.5 Å². The number of amides is 2. The van der Waals surface area contributed by atoms with Crippen LogP contribution in [0.15, 0.2) is 34.7 Å². The van der Waals surface area contributed by atoms with Gasteiger partial charge in [-0.2, -0.15) is 5.10 Å². The van der Waals surface area contributed by atoms with Crippen molar-refractivity contribution in [3.8, 4) is 0 Å². The minimum absolute atomic E-state index is 0.155. The zero-order valence-corrected chi connectivity index (χ0v) is 15.4. The first-order chi connectivity index (χ1) is 13.0. The maximum Gasteiger partial charge on any atom is 0.289 e. The number of nitrogens with zero attached hydrogens (tertiary/aromatic N) is 2. The molecule has 140 valence electrons. The summed E-state index contributed by atoms with van der Waals surface area (Å²) in [6.45, 7) is 5.60. The predicted octanol–water partition coefficient (Wildman–Crippen LogP) is 2.74. The van der Waals surface area contributed by atoms with E-state index in [4.69, 9.17) is 4.42 Å². The number of carbonyl (C=O) groups excluding carboxylic acids is 2. The highest BCUT2D eigenvalue weighted by Crippen LogP contribution is 2.24. The molecule has 0 saturated carbocycles. The van der Waals surface area contributed by atoms with Gasteiger partial charge in [0.2, 0.25) is 0 Å². The lowest BCUT2D eigenvalue weighted by molar-refractivity contribution is 0.0702. The van der Waals surface area contributed by atoms with Gasteiger partial charge in [0, 0.05) is 24.0 Å². The Kier molecular flexibility index (Phi) is 4.43. The molecule has 0 fully saturated rings. The summed E-state index contributed by atoms with van der Waals surface area (Å²) in [4.78, 5) is 26.9. The maximum absolute atomic E-state index is 12.8. The van der Waals surface area contributed by atoms with Crippen LogP contribution in [0, 0.1) is 5.92 Å². The molecule has 7 nitrogen and oxygen atoms in total. The van der Waals surface area contributed by atoms with Crippen molar-refractivity contribution in [2.75, 3.05) is 13.1 Å². The third-order valence-electron chi connectivity index (χ3n) is 4.74. The van der Waals surface area contributed by atoms with E-state index in [1.807, 2.05) is 38.1 Å². The smallest absolute Gasteiger partial charge is 0.289 e. The van der Waals surface area contributed by atoms with Crippen LogP contribution in [0.25, 0.3) is 11.0 Å². The predicted molar refractivity (Wildman–Crippen MR) is 100 cm³/mol. The van der Waals surface area contributed by atoms with E-state index in [0.717, 1.165) is 16.6 Å². The van der Waals surface area contributed by atoms with E-state index in [1.54, 1.807) is 11.0 Å². The van der Waals surface area contributed by atoms with Crippen molar-refractivity contribution in [2.24, 2.45) is 5.92 Å². The number of hydrogen-bond donors (Lipinski definition) is 2. The second-order valence-electron chi connectivity index (χ2n) is 7.26. The molecular formula is C20H22N4O3. The van der Waals surface area contributed by atoms with E-state index in [-0.39, 0.29) is 11.8 Å². The summed E-state index contributed by atoms with van der Waals surface area (Å²) in [6.07, 6.45) is 0.586. The molecule has 2 aromatic heterocycles. The number of rotatable bonds is 4. The molecule has 0 bridgehead atoms. The van der Waals surface area contributed by atoms with Gasteiger partial charge >= 0.3 is 0 Å². The maximum atomic E-state index is 12.8. The van der Waals surface area contributed by atoms with E-state index in [9.17, 15) is 9.59 Å². The highest BCUT2D eigenvalue weighted by Gasteiger charge is 2.29. The molecule has 3 aromatic rings. The molecule has 0 radical (unpaired) electrons. The number of aromatic nitrogens is 2. The standard InChI is InChI=1S/C20H22N4O3/c1-12(2)10-21-19(25)18-14-7-8-24(11-15(14)22-23-18)20(26)17-9-13-5-3-4-6-16(13)27-17/h3-6,9,12H,7-8,10-11H2,1-2H3,(H,21,25)(H,22,23). The zero-order valence-electron chi connectivity index (χ0n) is 15.4. The van der Waals surface area contributed by atoms with E-state index >= 15 is 0 Å². The van der Waals surface area contributed by atoms with E-state index < -0.39 is 0 Å². The Balaban J connectivity index is 1.50. The fraction of sp³-hybridized carbons (Fsp3) is 0.350. The van der Waals surface area contributed by atoms with Gasteiger partial charge in [-0.1, -0.05) is 32.0 Å². The van der Waals surface area contributed by atoms with Gasteiger partial charge in [0.25, 0.3) is 11.8 Å². The summed E-state index contributed by atoms with van der Waals surface area (Å²) in [7, 11) is 0. The molecule has 4 rings (SSSR count). The Morgan fingerprint density at radius 3 is 2.93 bits per heavy atom. The number of aromatic amines is 1. The van der Waals surface area contributed by atoms with Crippen LogP contribution in [0.2, 0.25) is 0 Å². The van der Waals surface area contributed by atoms with Gasteiger partial charge in [0.05, 0.1) is 12.2 Å². The van der Waals surface area contributed by atoms with Crippen molar-refractivity contribution in [3.05, 3.63) is 53.0 Å². The molecular weight excluding hydrogens is 344 g/mol. The summed E-state index contributed by atoms with van der Waals surface area (Å²) in [5, 5.41) is 10.9. The van der Waals surface area contributed by atoms with E-state index in [1.165, 1.54) is 0 Å². The highest BCUT2D eigenvalue weighted by atomic mass is 16.3. The molecule has 1 aliphatic heterocycles. The number of para-hydroxylation sites is 1. The third kappa shape index (κ3) is 3.32. The summed E-state index contributed by atoms with van der Waals surface area (Å²) in [6, 6.07) is 9.32. The molecule has 2 amide bonds. The third-order valence-corrected chi connectivity index (χ3v) is 4.74. The lowest BCUT2D eigenvalue weighted by Crippen LogP contribution is -2.36. The minimum Gasteiger partial charge on any atom is -0.451 e. The van der Waals surface area contributed by atoms with E-state index in [0.29, 0.717) is 49.0 Å². The average Bonchev–Trinajstić information content (AvgIpc) is 3.28. The number of furan rings is 1. The number of nitrogens with one attached hydrogen (secondary N) is 2. The van der Waals surface area contributed by atoms with Crippen LogP contribution in [-0.2, 0) is 13.0 Å². The normalized spacial score (nSPS) is 13.8. The van der Waals surface area contributed by atoms with Gasteiger partial charge in [0.15, 0.2) is 11.5 Å². The second-order valence-corrected chi connectivity index (χ2v) is 7.26. The van der Waals surface area contributed by atoms with Crippen molar-refractivity contribution in [3.63, 3.8) is 0 Å². The van der Waals surface area contributed by atoms with Gasteiger partial charge in [-0.25, -0.2) is 0 Å². The summed E-state index contributed by atoms with van der Waals surface area (Å²) in [5.41, 5.74) is 2.83. The van der Waals surface area contributed by atoms with Crippen LogP contribution in [0.3, 0.4) is 0 Å². The summed E-state index contributed by atoms with van der Waals surface area (Å²) in [5.74, 6) is 0.380. The minimum atomic E-state index is -0.168. The number of H-pyrrole nitrogens is 1. The molecule has 0 aliphatic carbocycles. The number of fused-ring (bicyclic) bond motifs is 2. The average molecular weight is 366 g/mol. The largest absolute Gasteiger partial charge is 0.451 e. The molecule has 27 heavy (non-hydrogen) atoms. The Labute approximate surface area is 156 Å². The number of hydrogen-bond acceptors (Lipinski definition) is 4. The molecule has 0 atom stereocenters. The second kappa shape index (κ2) is 6.90. The van der Waals surface area contributed by atoms with Crippen LogP contribution in [0.4, 0.5) is 0 Å². The van der Waals surface area contributed by atoms with Gasteiger partial charge in [0.1, 0.15) is 5.58 Å². The van der Waals surface area contributed by atoms with Crippen molar-refractivity contribution in [1.82, 2.24) is 20.4 Å².